The number of nitrogens with one attached hydrogen (secondary N) is 1. The first-order chi connectivity index (χ1) is 9.06. The molecule has 4 heteroatoms. The Morgan fingerprint density at radius 1 is 1.21 bits per heavy atom. The van der Waals surface area contributed by atoms with E-state index in [9.17, 15) is 4.79 Å². The van der Waals surface area contributed by atoms with Crippen molar-refractivity contribution in [3.63, 3.8) is 0 Å². The highest BCUT2D eigenvalue weighted by Gasteiger charge is 2.20. The number of likely N-dealkylation sites (tertiary alicyclic amines) is 1. The molecule has 0 radical (unpaired) electrons. The van der Waals surface area contributed by atoms with E-state index in [1.165, 1.54) is 5.69 Å². The largest absolute Gasteiger partial charge is 0.382 e. The summed E-state index contributed by atoms with van der Waals surface area (Å²) in [5, 5.41) is 3.55. The summed E-state index contributed by atoms with van der Waals surface area (Å²) < 4.78 is 0. The molecule has 1 N–H and O–H groups in total. The average molecular weight is 261 g/mol. The van der Waals surface area contributed by atoms with E-state index < -0.39 is 0 Å². The summed E-state index contributed by atoms with van der Waals surface area (Å²) in [7, 11) is 4.08. The van der Waals surface area contributed by atoms with Gasteiger partial charge in [0.1, 0.15) is 0 Å². The highest BCUT2D eigenvalue weighted by molar-refractivity contribution is 5.73. The van der Waals surface area contributed by atoms with Crippen LogP contribution in [0.15, 0.2) is 24.3 Å². The molecule has 0 aromatic heterocycles. The molecule has 19 heavy (non-hydrogen) atoms. The molecule has 0 spiro atoms. The molecule has 1 amide bonds. The van der Waals surface area contributed by atoms with Gasteiger partial charge in [0, 0.05) is 51.5 Å². The van der Waals surface area contributed by atoms with E-state index in [2.05, 4.69) is 34.5 Å². The Kier molecular flexibility index (Phi) is 4.30. The van der Waals surface area contributed by atoms with E-state index in [1.54, 1.807) is 6.92 Å². The minimum Gasteiger partial charge on any atom is -0.382 e. The molecule has 2 rings (SSSR count). The predicted molar refractivity (Wildman–Crippen MR) is 79.7 cm³/mol. The van der Waals surface area contributed by atoms with Crippen LogP contribution < -0.4 is 10.2 Å². The van der Waals surface area contributed by atoms with Crippen LogP contribution >= 0.6 is 0 Å². The lowest BCUT2D eigenvalue weighted by molar-refractivity contribution is -0.129. The zero-order valence-electron chi connectivity index (χ0n) is 12.0. The summed E-state index contributed by atoms with van der Waals surface area (Å²) in [6.45, 7) is 3.37. The topological polar surface area (TPSA) is 35.6 Å². The maximum Gasteiger partial charge on any atom is 0.219 e. The molecule has 1 heterocycles. The Morgan fingerprint density at radius 2 is 1.79 bits per heavy atom. The average Bonchev–Trinajstić information content (AvgIpc) is 2.40. The van der Waals surface area contributed by atoms with Crippen molar-refractivity contribution in [2.24, 2.45) is 0 Å². The lowest BCUT2D eigenvalue weighted by atomic mass is 10.0. The molecule has 104 valence electrons. The standard InChI is InChI=1S/C15H23N3O/c1-12(19)18-10-8-14(9-11-18)16-13-4-6-15(7-5-13)17(2)3/h4-7,14,16H,8-11H2,1-3H3. The van der Waals surface area contributed by atoms with Gasteiger partial charge in [-0.05, 0) is 37.1 Å². The first-order valence-corrected chi connectivity index (χ1v) is 6.85. The second kappa shape index (κ2) is 5.95. The van der Waals surface area contributed by atoms with Crippen LogP contribution in [0.25, 0.3) is 0 Å². The molecule has 0 unspecified atom stereocenters. The van der Waals surface area contributed by atoms with Gasteiger partial charge in [0.25, 0.3) is 0 Å². The summed E-state index contributed by atoms with van der Waals surface area (Å²) in [5.41, 5.74) is 2.36. The fraction of sp³-hybridized carbons (Fsp3) is 0.533. The van der Waals surface area contributed by atoms with Crippen molar-refractivity contribution in [1.29, 1.82) is 0 Å². The molecule has 1 aliphatic rings. The number of hydrogen-bond donors (Lipinski definition) is 1. The maximum atomic E-state index is 11.3. The monoisotopic (exact) mass is 261 g/mol. The van der Waals surface area contributed by atoms with E-state index >= 15 is 0 Å². The van der Waals surface area contributed by atoms with Gasteiger partial charge in [0.2, 0.25) is 5.91 Å². The lowest BCUT2D eigenvalue weighted by Gasteiger charge is -2.32. The first kappa shape index (κ1) is 13.7. The second-order valence-corrected chi connectivity index (χ2v) is 5.37. The molecule has 1 aromatic rings. The zero-order chi connectivity index (χ0) is 13.8. The Labute approximate surface area is 115 Å². The van der Waals surface area contributed by atoms with Crippen LogP contribution in [0.5, 0.6) is 0 Å². The molecule has 0 aliphatic carbocycles. The van der Waals surface area contributed by atoms with Gasteiger partial charge in [0.15, 0.2) is 0 Å². The summed E-state index contributed by atoms with van der Waals surface area (Å²) in [6, 6.07) is 8.94. The number of piperidine rings is 1. The SMILES string of the molecule is CC(=O)N1CCC(Nc2ccc(N(C)C)cc2)CC1. The van der Waals surface area contributed by atoms with Gasteiger partial charge in [-0.1, -0.05) is 0 Å². The number of benzene rings is 1. The van der Waals surface area contributed by atoms with Gasteiger partial charge in [-0.25, -0.2) is 0 Å². The number of rotatable bonds is 3. The van der Waals surface area contributed by atoms with Crippen molar-refractivity contribution < 1.29 is 4.79 Å². The number of amides is 1. The molecular weight excluding hydrogens is 238 g/mol. The number of hydrogen-bond acceptors (Lipinski definition) is 3. The molecule has 0 saturated carbocycles. The minimum atomic E-state index is 0.189. The fourth-order valence-electron chi connectivity index (χ4n) is 2.43. The van der Waals surface area contributed by atoms with Gasteiger partial charge in [-0.15, -0.1) is 0 Å². The minimum absolute atomic E-state index is 0.189. The van der Waals surface area contributed by atoms with Gasteiger partial charge in [-0.2, -0.15) is 0 Å². The van der Waals surface area contributed by atoms with Crippen molar-refractivity contribution in [2.45, 2.75) is 25.8 Å². The molecule has 1 aromatic carbocycles. The van der Waals surface area contributed by atoms with Gasteiger partial charge < -0.3 is 15.1 Å². The molecule has 0 bridgehead atoms. The molecule has 1 saturated heterocycles. The fourth-order valence-corrected chi connectivity index (χ4v) is 2.43. The molecule has 1 aliphatic heterocycles. The third-order valence-corrected chi connectivity index (χ3v) is 3.69. The highest BCUT2D eigenvalue weighted by Crippen LogP contribution is 2.19. The van der Waals surface area contributed by atoms with Crippen molar-refractivity contribution in [3.05, 3.63) is 24.3 Å². The van der Waals surface area contributed by atoms with E-state index in [0.29, 0.717) is 6.04 Å². The Balaban J connectivity index is 1.87. The van der Waals surface area contributed by atoms with Crippen LogP contribution in [0, 0.1) is 0 Å². The van der Waals surface area contributed by atoms with Crippen molar-refractivity contribution in [2.75, 3.05) is 37.4 Å². The third-order valence-electron chi connectivity index (χ3n) is 3.69. The molecule has 4 nitrogen and oxygen atoms in total. The lowest BCUT2D eigenvalue weighted by Crippen LogP contribution is -2.41. The van der Waals surface area contributed by atoms with Crippen LogP contribution in [0.1, 0.15) is 19.8 Å². The van der Waals surface area contributed by atoms with E-state index in [0.717, 1.165) is 31.6 Å². The van der Waals surface area contributed by atoms with Crippen molar-refractivity contribution in [1.82, 2.24) is 4.90 Å². The number of nitrogens with zero attached hydrogens (tertiary/aromatic N) is 2. The van der Waals surface area contributed by atoms with Gasteiger partial charge in [-0.3, -0.25) is 4.79 Å². The van der Waals surface area contributed by atoms with Crippen LogP contribution in [0.3, 0.4) is 0 Å². The zero-order valence-corrected chi connectivity index (χ0v) is 12.0. The van der Waals surface area contributed by atoms with Crippen LogP contribution in [-0.2, 0) is 4.79 Å². The van der Waals surface area contributed by atoms with E-state index in [1.807, 2.05) is 19.0 Å². The van der Waals surface area contributed by atoms with Crippen LogP contribution in [-0.4, -0.2) is 44.0 Å². The summed E-state index contributed by atoms with van der Waals surface area (Å²) in [6.07, 6.45) is 2.05. The normalized spacial score (nSPS) is 16.3. The van der Waals surface area contributed by atoms with E-state index in [4.69, 9.17) is 0 Å². The summed E-state index contributed by atoms with van der Waals surface area (Å²) in [4.78, 5) is 15.3. The Morgan fingerprint density at radius 3 is 2.26 bits per heavy atom. The second-order valence-electron chi connectivity index (χ2n) is 5.37. The van der Waals surface area contributed by atoms with Gasteiger partial charge in [0.05, 0.1) is 0 Å². The molecule has 1 fully saturated rings. The van der Waals surface area contributed by atoms with Gasteiger partial charge >= 0.3 is 0 Å². The molecular formula is C15H23N3O. The number of carbonyl (C=O) groups excluding carboxylic acids is 1. The maximum absolute atomic E-state index is 11.3. The third kappa shape index (κ3) is 3.63. The Bertz CT molecular complexity index is 420. The van der Waals surface area contributed by atoms with Crippen molar-refractivity contribution in [3.8, 4) is 0 Å². The van der Waals surface area contributed by atoms with Crippen molar-refractivity contribution >= 4 is 17.3 Å². The number of anilines is 2. The van der Waals surface area contributed by atoms with Crippen LogP contribution in [0.2, 0.25) is 0 Å². The van der Waals surface area contributed by atoms with E-state index in [-0.39, 0.29) is 5.91 Å². The van der Waals surface area contributed by atoms with Crippen LogP contribution in [0.4, 0.5) is 11.4 Å². The summed E-state index contributed by atoms with van der Waals surface area (Å²) in [5.74, 6) is 0.189. The highest BCUT2D eigenvalue weighted by atomic mass is 16.2. The predicted octanol–water partition coefficient (Wildman–Crippen LogP) is 2.18. The smallest absolute Gasteiger partial charge is 0.219 e. The quantitative estimate of drug-likeness (QED) is 0.906. The molecule has 0 atom stereocenters. The Hall–Kier alpha value is -1.71. The number of carbonyl (C=O) groups is 1. The summed E-state index contributed by atoms with van der Waals surface area (Å²) >= 11 is 0. The first-order valence-electron chi connectivity index (χ1n) is 6.85.